The molecule has 0 aromatic rings. The molecule has 2 heteroatoms. The minimum atomic E-state index is 0.750. The Balaban J connectivity index is -0.000000102. The Kier molecular flexibility index (Phi) is 67.3. The molecule has 17 heavy (non-hydrogen) atoms. The van der Waals surface area contributed by atoms with Crippen molar-refractivity contribution in [3.63, 3.8) is 0 Å². The molecule has 0 saturated heterocycles. The summed E-state index contributed by atoms with van der Waals surface area (Å²) >= 11 is 0. The predicted molar refractivity (Wildman–Crippen MR) is 81.7 cm³/mol. The second-order valence-corrected chi connectivity index (χ2v) is 3.11. The fraction of sp³-hybridized carbons (Fsp3) is 0.933. The van der Waals surface area contributed by atoms with E-state index in [9.17, 15) is 0 Å². The molecule has 0 fully saturated rings. The molecule has 0 atom stereocenters. The first-order chi connectivity index (χ1) is 8.33. The third-order valence-corrected chi connectivity index (χ3v) is 1.78. The van der Waals surface area contributed by atoms with Gasteiger partial charge in [-0.15, -0.1) is 0 Å². The molecule has 0 aromatic carbocycles. The summed E-state index contributed by atoms with van der Waals surface area (Å²) in [6.45, 7) is 12.9. The smallest absolute Gasteiger partial charge is 0.116 e. The molecule has 0 aliphatic carbocycles. The molecular weight excluding hydrogens is 210 g/mol. The van der Waals surface area contributed by atoms with Crippen LogP contribution in [0.1, 0.15) is 80.1 Å². The van der Waals surface area contributed by atoms with Crippen molar-refractivity contribution in [3.8, 4) is 0 Å². The van der Waals surface area contributed by atoms with Crippen LogP contribution in [0, 0.1) is 0 Å². The summed E-state index contributed by atoms with van der Waals surface area (Å²) in [5.74, 6) is 0. The molecule has 0 saturated carbocycles. The second-order valence-electron chi connectivity index (χ2n) is 3.11. The molecule has 0 aliphatic heterocycles. The van der Waals surface area contributed by atoms with Crippen molar-refractivity contribution in [3.05, 3.63) is 0 Å². The van der Waals surface area contributed by atoms with Crippen LogP contribution in [0.3, 0.4) is 0 Å². The normalized spacial score (nSPS) is 7.47. The van der Waals surface area contributed by atoms with Crippen molar-refractivity contribution >= 4 is 6.29 Å². The van der Waals surface area contributed by atoms with Crippen LogP contribution in [-0.2, 0) is 4.79 Å². The molecule has 0 spiro atoms. The van der Waals surface area contributed by atoms with E-state index in [0.717, 1.165) is 6.29 Å². The Hall–Kier alpha value is -0.370. The summed E-state index contributed by atoms with van der Waals surface area (Å²) in [5, 5.41) is 3.16. The monoisotopic (exact) mass is 247 g/mol. The Bertz CT molecular complexity index is 77.0. The number of hydrogen-bond donors (Lipinski definition) is 1. The van der Waals surface area contributed by atoms with Gasteiger partial charge >= 0.3 is 0 Å². The van der Waals surface area contributed by atoms with E-state index in [1.165, 1.54) is 52.0 Å². The lowest BCUT2D eigenvalue weighted by atomic mass is 10.1. The zero-order valence-electron chi connectivity index (χ0n) is 13.4. The third-order valence-electron chi connectivity index (χ3n) is 1.78. The van der Waals surface area contributed by atoms with E-state index in [-0.39, 0.29) is 0 Å². The minimum absolute atomic E-state index is 0.750. The summed E-state index contributed by atoms with van der Waals surface area (Å²) in [4.78, 5) is 8.81. The van der Waals surface area contributed by atoms with Gasteiger partial charge in [0.05, 0.1) is 0 Å². The number of hydrogen-bond acceptors (Lipinski definition) is 2. The molecule has 0 bridgehead atoms. The molecule has 108 valence electrons. The van der Waals surface area contributed by atoms with Crippen LogP contribution < -0.4 is 5.32 Å². The van der Waals surface area contributed by atoms with Crippen LogP contribution in [0.5, 0.6) is 0 Å². The summed E-state index contributed by atoms with van der Waals surface area (Å²) in [6.07, 6.45) is 9.13. The largest absolute Gasteiger partial charge is 0.320 e. The maximum atomic E-state index is 8.81. The molecule has 0 aliphatic rings. The summed E-state index contributed by atoms with van der Waals surface area (Å²) in [7, 11) is 2.02. The van der Waals surface area contributed by atoms with Crippen LogP contribution >= 0.6 is 0 Å². The topological polar surface area (TPSA) is 29.1 Å². The van der Waals surface area contributed by atoms with Crippen molar-refractivity contribution in [2.24, 2.45) is 0 Å². The van der Waals surface area contributed by atoms with E-state index in [2.05, 4.69) is 12.2 Å². The van der Waals surface area contributed by atoms with Crippen LogP contribution in [0.2, 0.25) is 0 Å². The first kappa shape index (κ1) is 25.5. The van der Waals surface area contributed by atoms with Gasteiger partial charge in [-0.1, -0.05) is 66.7 Å². The van der Waals surface area contributed by atoms with Crippen molar-refractivity contribution < 1.29 is 4.79 Å². The zero-order chi connectivity index (χ0) is 14.4. The molecule has 0 radical (unpaired) electrons. The number of carbonyl (C=O) groups is 1. The highest BCUT2D eigenvalue weighted by Crippen LogP contribution is 2.03. The van der Waals surface area contributed by atoms with Gasteiger partial charge in [-0.2, -0.15) is 0 Å². The van der Waals surface area contributed by atoms with E-state index in [0.29, 0.717) is 0 Å². The first-order valence-electron chi connectivity index (χ1n) is 7.37. The standard InChI is InChI=1S/C9H21N.C2H4O.2C2H6/c1-3-4-5-6-7-8-9-10-2;1-2-3;2*1-2/h10H,3-9H2,1-2H3;2H,1H3;2*1-2H3. The van der Waals surface area contributed by atoms with Crippen molar-refractivity contribution in [1.29, 1.82) is 0 Å². The highest BCUT2D eigenvalue weighted by atomic mass is 16.1. The molecule has 1 N–H and O–H groups in total. The van der Waals surface area contributed by atoms with Crippen LogP contribution in [-0.4, -0.2) is 19.9 Å². The number of aldehydes is 1. The lowest BCUT2D eigenvalue weighted by Crippen LogP contribution is -2.06. The van der Waals surface area contributed by atoms with Crippen LogP contribution in [0.15, 0.2) is 0 Å². The first-order valence-corrected chi connectivity index (χ1v) is 7.37. The minimum Gasteiger partial charge on any atom is -0.320 e. The molecule has 0 rings (SSSR count). The fourth-order valence-electron chi connectivity index (χ4n) is 1.08. The molecule has 0 aromatic heterocycles. The quantitative estimate of drug-likeness (QED) is 0.516. The van der Waals surface area contributed by atoms with E-state index in [4.69, 9.17) is 4.79 Å². The number of unbranched alkanes of at least 4 members (excludes halogenated alkanes) is 5. The Morgan fingerprint density at radius 1 is 0.882 bits per heavy atom. The molecular formula is C15H37NO. The van der Waals surface area contributed by atoms with Gasteiger partial charge in [0.1, 0.15) is 6.29 Å². The Labute approximate surface area is 111 Å². The molecule has 2 nitrogen and oxygen atoms in total. The lowest BCUT2D eigenvalue weighted by molar-refractivity contribution is -0.106. The molecule has 0 heterocycles. The van der Waals surface area contributed by atoms with Gasteiger partial charge in [0.25, 0.3) is 0 Å². The zero-order valence-corrected chi connectivity index (χ0v) is 13.4. The van der Waals surface area contributed by atoms with Crippen LogP contribution in [0.25, 0.3) is 0 Å². The predicted octanol–water partition coefficient (Wildman–Crippen LogP) is 4.82. The summed E-state index contributed by atoms with van der Waals surface area (Å²) in [5.41, 5.74) is 0. The van der Waals surface area contributed by atoms with Crippen molar-refractivity contribution in [2.45, 2.75) is 80.1 Å². The van der Waals surface area contributed by atoms with Gasteiger partial charge in [0.15, 0.2) is 0 Å². The van der Waals surface area contributed by atoms with E-state index >= 15 is 0 Å². The number of rotatable bonds is 7. The van der Waals surface area contributed by atoms with Crippen molar-refractivity contribution in [2.75, 3.05) is 13.6 Å². The van der Waals surface area contributed by atoms with Gasteiger partial charge < -0.3 is 10.1 Å². The highest BCUT2D eigenvalue weighted by molar-refractivity contribution is 5.44. The lowest BCUT2D eigenvalue weighted by Gasteiger charge is -1.98. The van der Waals surface area contributed by atoms with Crippen LogP contribution in [0.4, 0.5) is 0 Å². The third kappa shape index (κ3) is 66.1. The van der Waals surface area contributed by atoms with Gasteiger partial charge in [-0.25, -0.2) is 0 Å². The number of carbonyl (C=O) groups excluding carboxylic acids is 1. The van der Waals surface area contributed by atoms with Gasteiger partial charge in [-0.3, -0.25) is 0 Å². The van der Waals surface area contributed by atoms with Crippen molar-refractivity contribution in [1.82, 2.24) is 5.32 Å². The van der Waals surface area contributed by atoms with E-state index in [1.807, 2.05) is 34.7 Å². The molecule has 0 unspecified atom stereocenters. The maximum Gasteiger partial charge on any atom is 0.116 e. The summed E-state index contributed by atoms with van der Waals surface area (Å²) < 4.78 is 0. The van der Waals surface area contributed by atoms with Gasteiger partial charge in [-0.05, 0) is 26.9 Å². The second kappa shape index (κ2) is 44.9. The average Bonchev–Trinajstić information content (AvgIpc) is 2.39. The van der Waals surface area contributed by atoms with Gasteiger partial charge in [0, 0.05) is 0 Å². The fourth-order valence-corrected chi connectivity index (χ4v) is 1.08. The SMILES string of the molecule is CC.CC.CC=O.CCCCCCCCNC. The summed E-state index contributed by atoms with van der Waals surface area (Å²) in [6, 6.07) is 0. The highest BCUT2D eigenvalue weighted by Gasteiger charge is 1.87. The number of nitrogens with one attached hydrogen (secondary N) is 1. The maximum absolute atomic E-state index is 8.81. The van der Waals surface area contributed by atoms with E-state index < -0.39 is 0 Å². The van der Waals surface area contributed by atoms with E-state index in [1.54, 1.807) is 0 Å². The average molecular weight is 247 g/mol. The van der Waals surface area contributed by atoms with Gasteiger partial charge in [0.2, 0.25) is 0 Å². The Morgan fingerprint density at radius 3 is 1.59 bits per heavy atom. The Morgan fingerprint density at radius 2 is 1.24 bits per heavy atom. The molecule has 0 amide bonds.